The highest BCUT2D eigenvalue weighted by Gasteiger charge is 2.16. The maximum absolute atomic E-state index is 12.5. The minimum Gasteiger partial charge on any atom is -0.422 e. The van der Waals surface area contributed by atoms with Gasteiger partial charge < -0.3 is 15.4 Å². The number of esters is 1. The lowest BCUT2D eigenvalue weighted by Crippen LogP contribution is -2.33. The van der Waals surface area contributed by atoms with E-state index >= 15 is 0 Å². The highest BCUT2D eigenvalue weighted by atomic mass is 35.5. The number of ether oxygens (including phenoxy) is 1. The summed E-state index contributed by atoms with van der Waals surface area (Å²) in [4.78, 5) is 47.9. The highest BCUT2D eigenvalue weighted by Crippen LogP contribution is 2.21. The third-order valence-electron chi connectivity index (χ3n) is 4.53. The molecule has 178 valence electrons. The lowest BCUT2D eigenvalue weighted by molar-refractivity contribution is -0.136. The van der Waals surface area contributed by atoms with Crippen molar-refractivity contribution in [2.75, 3.05) is 10.6 Å². The lowest BCUT2D eigenvalue weighted by atomic mass is 10.1. The van der Waals surface area contributed by atoms with Crippen LogP contribution in [0.4, 0.5) is 11.4 Å². The number of hydrazone groups is 1. The van der Waals surface area contributed by atoms with E-state index in [0.717, 1.165) is 0 Å². The standard InChI is InChI=1S/C25H21ClN4O5/c1-15(21-8-3-4-9-22(21)35-25(34)17-6-5-7-18(26)14-17)29-30-24(33)23(32)28-20-12-10-19(11-13-20)27-16(2)31/h3-14H,1-2H3,(H,27,31)(H,28,32)(H,30,33). The van der Waals surface area contributed by atoms with Gasteiger partial charge in [-0.05, 0) is 61.5 Å². The summed E-state index contributed by atoms with van der Waals surface area (Å²) in [5.41, 5.74) is 4.11. The Bertz CT molecular complexity index is 1310. The minimum absolute atomic E-state index is 0.219. The first kappa shape index (κ1) is 25.1. The van der Waals surface area contributed by atoms with Gasteiger partial charge in [-0.15, -0.1) is 0 Å². The smallest absolute Gasteiger partial charge is 0.343 e. The lowest BCUT2D eigenvalue weighted by Gasteiger charge is -2.10. The molecule has 0 heterocycles. The van der Waals surface area contributed by atoms with Crippen molar-refractivity contribution in [1.82, 2.24) is 5.43 Å². The zero-order chi connectivity index (χ0) is 25.4. The van der Waals surface area contributed by atoms with E-state index in [4.69, 9.17) is 16.3 Å². The summed E-state index contributed by atoms with van der Waals surface area (Å²) in [6, 6.07) is 19.2. The summed E-state index contributed by atoms with van der Waals surface area (Å²) in [7, 11) is 0. The first-order valence-electron chi connectivity index (χ1n) is 10.3. The Morgan fingerprint density at radius 1 is 0.800 bits per heavy atom. The van der Waals surface area contributed by atoms with E-state index in [1.54, 1.807) is 61.5 Å². The second-order valence-corrected chi connectivity index (χ2v) is 7.68. The first-order valence-corrected chi connectivity index (χ1v) is 10.7. The number of anilines is 2. The predicted octanol–water partition coefficient (Wildman–Crippen LogP) is 4.00. The van der Waals surface area contributed by atoms with Crippen molar-refractivity contribution < 1.29 is 23.9 Å². The number of carbonyl (C=O) groups is 4. The second-order valence-electron chi connectivity index (χ2n) is 7.25. The number of hydrogen-bond acceptors (Lipinski definition) is 6. The third kappa shape index (κ3) is 7.24. The number of nitrogens with zero attached hydrogens (tertiary/aromatic N) is 1. The molecule has 0 aliphatic heterocycles. The van der Waals surface area contributed by atoms with Gasteiger partial charge in [0.2, 0.25) is 5.91 Å². The molecule has 0 atom stereocenters. The molecule has 0 aliphatic rings. The van der Waals surface area contributed by atoms with Crippen molar-refractivity contribution in [3.8, 4) is 5.75 Å². The normalized spacial score (nSPS) is 10.8. The van der Waals surface area contributed by atoms with E-state index in [9.17, 15) is 19.2 Å². The van der Waals surface area contributed by atoms with Crippen molar-refractivity contribution >= 4 is 52.4 Å². The molecule has 0 spiro atoms. The van der Waals surface area contributed by atoms with Crippen LogP contribution < -0.4 is 20.8 Å². The van der Waals surface area contributed by atoms with Gasteiger partial charge >= 0.3 is 17.8 Å². The van der Waals surface area contributed by atoms with Crippen LogP contribution in [-0.2, 0) is 14.4 Å². The van der Waals surface area contributed by atoms with Crippen LogP contribution in [0.25, 0.3) is 0 Å². The Morgan fingerprint density at radius 3 is 2.11 bits per heavy atom. The SMILES string of the molecule is CC(=O)Nc1ccc(NC(=O)C(=O)NN=C(C)c2ccccc2OC(=O)c2cccc(Cl)c2)cc1. The minimum atomic E-state index is -0.997. The molecule has 0 fully saturated rings. The van der Waals surface area contributed by atoms with Crippen LogP contribution >= 0.6 is 11.6 Å². The van der Waals surface area contributed by atoms with Gasteiger partial charge in [0.25, 0.3) is 0 Å². The maximum atomic E-state index is 12.5. The number of rotatable bonds is 6. The van der Waals surface area contributed by atoms with Gasteiger partial charge in [-0.25, -0.2) is 10.2 Å². The van der Waals surface area contributed by atoms with E-state index in [-0.39, 0.29) is 17.2 Å². The molecule has 0 aromatic heterocycles. The average Bonchev–Trinajstić information content (AvgIpc) is 2.83. The van der Waals surface area contributed by atoms with Crippen molar-refractivity contribution in [2.45, 2.75) is 13.8 Å². The van der Waals surface area contributed by atoms with Crippen LogP contribution in [0.1, 0.15) is 29.8 Å². The molecule has 9 nitrogen and oxygen atoms in total. The maximum Gasteiger partial charge on any atom is 0.343 e. The van der Waals surface area contributed by atoms with E-state index in [1.165, 1.54) is 25.1 Å². The summed E-state index contributed by atoms with van der Waals surface area (Å²) in [5.74, 6) is -2.55. The van der Waals surface area contributed by atoms with Gasteiger partial charge in [0, 0.05) is 28.9 Å². The number of halogens is 1. The van der Waals surface area contributed by atoms with Crippen molar-refractivity contribution in [3.05, 3.63) is 88.9 Å². The fraction of sp³-hybridized carbons (Fsp3) is 0.0800. The molecule has 3 aromatic carbocycles. The molecular weight excluding hydrogens is 472 g/mol. The summed E-state index contributed by atoms with van der Waals surface area (Å²) >= 11 is 5.93. The molecule has 0 radical (unpaired) electrons. The van der Waals surface area contributed by atoms with E-state index in [0.29, 0.717) is 27.7 Å². The largest absolute Gasteiger partial charge is 0.422 e. The van der Waals surface area contributed by atoms with Crippen LogP contribution in [0.15, 0.2) is 77.9 Å². The predicted molar refractivity (Wildman–Crippen MR) is 133 cm³/mol. The topological polar surface area (TPSA) is 126 Å². The molecule has 3 aromatic rings. The zero-order valence-electron chi connectivity index (χ0n) is 18.8. The van der Waals surface area contributed by atoms with Gasteiger partial charge in [0.15, 0.2) is 0 Å². The van der Waals surface area contributed by atoms with Crippen LogP contribution in [0.2, 0.25) is 5.02 Å². The quantitative estimate of drug-likeness (QED) is 0.158. The summed E-state index contributed by atoms with van der Waals surface area (Å²) in [6.07, 6.45) is 0. The average molecular weight is 493 g/mol. The van der Waals surface area contributed by atoms with Crippen molar-refractivity contribution in [2.24, 2.45) is 5.10 Å². The molecule has 3 rings (SSSR count). The molecule has 3 N–H and O–H groups in total. The van der Waals surface area contributed by atoms with Crippen molar-refractivity contribution in [3.63, 3.8) is 0 Å². The molecule has 0 bridgehead atoms. The molecule has 3 amide bonds. The number of benzene rings is 3. The van der Waals surface area contributed by atoms with Crippen molar-refractivity contribution in [1.29, 1.82) is 0 Å². The third-order valence-corrected chi connectivity index (χ3v) is 4.77. The van der Waals surface area contributed by atoms with Crippen LogP contribution in [0.3, 0.4) is 0 Å². The summed E-state index contributed by atoms with van der Waals surface area (Å²) < 4.78 is 5.48. The summed E-state index contributed by atoms with van der Waals surface area (Å²) in [6.45, 7) is 2.97. The van der Waals surface area contributed by atoms with Crippen LogP contribution in [0.5, 0.6) is 5.75 Å². The summed E-state index contributed by atoms with van der Waals surface area (Å²) in [5, 5.41) is 9.38. The van der Waals surface area contributed by atoms with Gasteiger partial charge in [-0.3, -0.25) is 14.4 Å². The first-order chi connectivity index (χ1) is 16.7. The number of para-hydroxylation sites is 1. The van der Waals surface area contributed by atoms with Crippen LogP contribution in [0, 0.1) is 0 Å². The second kappa shape index (κ2) is 11.6. The molecule has 0 unspecified atom stereocenters. The highest BCUT2D eigenvalue weighted by molar-refractivity contribution is 6.39. The molecule has 35 heavy (non-hydrogen) atoms. The number of amides is 3. The molecule has 0 saturated heterocycles. The Labute approximate surface area is 206 Å². The van der Waals surface area contributed by atoms with E-state index < -0.39 is 17.8 Å². The van der Waals surface area contributed by atoms with Gasteiger partial charge in [-0.1, -0.05) is 29.8 Å². The number of hydrogen-bond donors (Lipinski definition) is 3. The van der Waals surface area contributed by atoms with Gasteiger partial charge in [-0.2, -0.15) is 5.10 Å². The Morgan fingerprint density at radius 2 is 1.46 bits per heavy atom. The number of nitrogens with one attached hydrogen (secondary N) is 3. The fourth-order valence-corrected chi connectivity index (χ4v) is 3.09. The van der Waals surface area contributed by atoms with E-state index in [1.807, 2.05) is 0 Å². The molecule has 0 saturated carbocycles. The Balaban J connectivity index is 1.64. The van der Waals surface area contributed by atoms with E-state index in [2.05, 4.69) is 21.2 Å². The Hall–Kier alpha value is -4.50. The molecule has 0 aliphatic carbocycles. The number of carbonyl (C=O) groups excluding carboxylic acids is 4. The van der Waals surface area contributed by atoms with Gasteiger partial charge in [0.05, 0.1) is 11.3 Å². The fourth-order valence-electron chi connectivity index (χ4n) is 2.90. The van der Waals surface area contributed by atoms with Crippen LogP contribution in [-0.4, -0.2) is 29.4 Å². The monoisotopic (exact) mass is 492 g/mol. The molecule has 10 heteroatoms. The zero-order valence-corrected chi connectivity index (χ0v) is 19.6. The Kier molecular flexibility index (Phi) is 8.31. The van der Waals surface area contributed by atoms with Gasteiger partial charge in [0.1, 0.15) is 5.75 Å². The molecular formula is C25H21ClN4O5.